The van der Waals surface area contributed by atoms with Gasteiger partial charge in [-0.3, -0.25) is 9.78 Å². The van der Waals surface area contributed by atoms with Gasteiger partial charge < -0.3 is 5.73 Å². The molecule has 0 atom stereocenters. The monoisotopic (exact) mass is 363 g/mol. The van der Waals surface area contributed by atoms with Crippen molar-refractivity contribution in [2.24, 2.45) is 5.73 Å². The molecule has 0 bridgehead atoms. The van der Waals surface area contributed by atoms with Crippen molar-refractivity contribution in [2.45, 2.75) is 33.4 Å². The second-order valence-electron chi connectivity index (χ2n) is 6.24. The fraction of sp³-hybridized carbons (Fsp3) is 0.438. The molecule has 0 saturated heterocycles. The Morgan fingerprint density at radius 1 is 1.32 bits per heavy atom. The van der Waals surface area contributed by atoms with E-state index in [1.165, 1.54) is 21.4 Å². The molecule has 0 amide bonds. The Morgan fingerprint density at radius 2 is 2.04 bits per heavy atom. The average molecular weight is 363 g/mol. The third-order valence-corrected chi connectivity index (χ3v) is 5.89. The molecule has 0 fully saturated rings. The minimum Gasteiger partial charge on any atom is -0.326 e. The molecule has 2 aromatic heterocycles. The van der Waals surface area contributed by atoms with Gasteiger partial charge in [-0.2, -0.15) is 9.40 Å². The van der Waals surface area contributed by atoms with Crippen molar-refractivity contribution in [3.05, 3.63) is 46.0 Å². The Labute approximate surface area is 146 Å². The normalized spacial score (nSPS) is 15.2. The molecule has 0 aromatic carbocycles. The minimum atomic E-state index is -3.28. The third kappa shape index (κ3) is 3.10. The summed E-state index contributed by atoms with van der Waals surface area (Å²) in [7, 11) is -3.28. The van der Waals surface area contributed by atoms with Crippen LogP contribution in [0.15, 0.2) is 12.4 Å². The van der Waals surface area contributed by atoms with E-state index in [4.69, 9.17) is 5.73 Å². The predicted octanol–water partition coefficient (Wildman–Crippen LogP) is 0.360. The number of rotatable bonds is 3. The van der Waals surface area contributed by atoms with Gasteiger partial charge in [-0.15, -0.1) is 0 Å². The summed E-state index contributed by atoms with van der Waals surface area (Å²) in [6, 6.07) is 0. The molecule has 8 nitrogen and oxygen atoms in total. The lowest BCUT2D eigenvalue weighted by molar-refractivity contribution is 0.0940. The standard InChI is InChI=1S/C16H21N5O3S/c1-10-14(6-17)11(2)21(19-10)16(22)15-8-18-7-12-9-20(25(3,23)24)5-4-13(12)15/h7-8H,4-6,9,17H2,1-3H3. The summed E-state index contributed by atoms with van der Waals surface area (Å²) < 4.78 is 26.3. The number of aryl methyl sites for hydroxylation is 1. The zero-order valence-electron chi connectivity index (χ0n) is 14.5. The second kappa shape index (κ2) is 6.32. The first kappa shape index (κ1) is 17.7. The fourth-order valence-corrected chi connectivity index (χ4v) is 4.01. The highest BCUT2D eigenvalue weighted by Gasteiger charge is 2.28. The van der Waals surface area contributed by atoms with E-state index in [-0.39, 0.29) is 12.5 Å². The maximum absolute atomic E-state index is 13.0. The number of sulfonamides is 1. The molecule has 134 valence electrons. The highest BCUT2D eigenvalue weighted by molar-refractivity contribution is 7.88. The van der Waals surface area contributed by atoms with Gasteiger partial charge in [-0.1, -0.05) is 0 Å². The Kier molecular flexibility index (Phi) is 4.48. The summed E-state index contributed by atoms with van der Waals surface area (Å²) in [5.41, 5.74) is 10.1. The lowest BCUT2D eigenvalue weighted by Gasteiger charge is -2.27. The number of fused-ring (bicyclic) bond motifs is 1. The minimum absolute atomic E-state index is 0.230. The molecule has 1 aliphatic heterocycles. The van der Waals surface area contributed by atoms with Crippen LogP contribution in [-0.2, 0) is 29.5 Å². The number of nitrogens with zero attached hydrogens (tertiary/aromatic N) is 4. The van der Waals surface area contributed by atoms with Crippen molar-refractivity contribution in [3.63, 3.8) is 0 Å². The van der Waals surface area contributed by atoms with Crippen molar-refractivity contribution in [1.82, 2.24) is 19.1 Å². The molecule has 0 spiro atoms. The van der Waals surface area contributed by atoms with Crippen molar-refractivity contribution in [2.75, 3.05) is 12.8 Å². The summed E-state index contributed by atoms with van der Waals surface area (Å²) in [4.78, 5) is 17.1. The largest absolute Gasteiger partial charge is 0.326 e. The molecule has 0 saturated carbocycles. The number of aromatic nitrogens is 3. The molecule has 9 heteroatoms. The lowest BCUT2D eigenvalue weighted by Crippen LogP contribution is -2.36. The third-order valence-electron chi connectivity index (χ3n) is 4.64. The molecule has 3 rings (SSSR count). The van der Waals surface area contributed by atoms with Crippen molar-refractivity contribution in [1.29, 1.82) is 0 Å². The lowest BCUT2D eigenvalue weighted by atomic mass is 9.98. The number of hydrogen-bond donors (Lipinski definition) is 1. The van der Waals surface area contributed by atoms with Gasteiger partial charge in [-0.05, 0) is 31.4 Å². The molecule has 3 heterocycles. The van der Waals surface area contributed by atoms with Crippen LogP contribution in [0.4, 0.5) is 0 Å². The molecular formula is C16H21N5O3S. The van der Waals surface area contributed by atoms with E-state index >= 15 is 0 Å². The summed E-state index contributed by atoms with van der Waals surface area (Å²) in [6.07, 6.45) is 4.80. The molecule has 1 aliphatic rings. The van der Waals surface area contributed by atoms with Gasteiger partial charge in [-0.25, -0.2) is 13.1 Å². The van der Waals surface area contributed by atoms with Crippen LogP contribution in [0.1, 0.15) is 38.4 Å². The van der Waals surface area contributed by atoms with Crippen LogP contribution in [0.25, 0.3) is 0 Å². The van der Waals surface area contributed by atoms with Crippen LogP contribution in [0.2, 0.25) is 0 Å². The molecule has 25 heavy (non-hydrogen) atoms. The van der Waals surface area contributed by atoms with E-state index in [0.717, 1.165) is 28.1 Å². The molecule has 0 aliphatic carbocycles. The fourth-order valence-electron chi connectivity index (χ4n) is 3.22. The Hall–Kier alpha value is -2.10. The maximum Gasteiger partial charge on any atom is 0.280 e. The Balaban J connectivity index is 2.02. The van der Waals surface area contributed by atoms with E-state index in [1.807, 2.05) is 13.8 Å². The first-order chi connectivity index (χ1) is 11.7. The molecule has 2 aromatic rings. The summed E-state index contributed by atoms with van der Waals surface area (Å²) in [6.45, 7) is 4.53. The molecule has 0 radical (unpaired) electrons. The van der Waals surface area contributed by atoms with Crippen molar-refractivity contribution >= 4 is 15.9 Å². The Morgan fingerprint density at radius 3 is 2.64 bits per heavy atom. The second-order valence-corrected chi connectivity index (χ2v) is 8.22. The number of nitrogens with two attached hydrogens (primary N) is 1. The van der Waals surface area contributed by atoms with Crippen LogP contribution >= 0.6 is 0 Å². The van der Waals surface area contributed by atoms with Gasteiger partial charge in [0, 0.05) is 43.3 Å². The first-order valence-corrected chi connectivity index (χ1v) is 9.79. The highest BCUT2D eigenvalue weighted by atomic mass is 32.2. The van der Waals surface area contributed by atoms with Crippen LogP contribution in [0, 0.1) is 13.8 Å². The van der Waals surface area contributed by atoms with Gasteiger partial charge in [0.1, 0.15) is 0 Å². The van der Waals surface area contributed by atoms with Gasteiger partial charge in [0.05, 0.1) is 17.5 Å². The SMILES string of the molecule is Cc1nn(C(=O)c2cncc3c2CCN(S(C)(=O)=O)C3)c(C)c1CN. The quantitative estimate of drug-likeness (QED) is 0.843. The Bertz CT molecular complexity index is 949. The number of carbonyl (C=O) groups is 1. The zero-order chi connectivity index (χ0) is 18.4. The molecule has 2 N–H and O–H groups in total. The summed E-state index contributed by atoms with van der Waals surface area (Å²) in [5, 5.41) is 4.31. The number of hydrogen-bond acceptors (Lipinski definition) is 6. The topological polar surface area (TPSA) is 111 Å². The zero-order valence-corrected chi connectivity index (χ0v) is 15.3. The molecular weight excluding hydrogens is 342 g/mol. The first-order valence-electron chi connectivity index (χ1n) is 7.94. The van der Waals surface area contributed by atoms with Crippen molar-refractivity contribution in [3.8, 4) is 0 Å². The number of carbonyl (C=O) groups excluding carboxylic acids is 1. The van der Waals surface area contributed by atoms with Crippen molar-refractivity contribution < 1.29 is 13.2 Å². The average Bonchev–Trinajstić information content (AvgIpc) is 2.86. The predicted molar refractivity (Wildman–Crippen MR) is 92.5 cm³/mol. The van der Waals surface area contributed by atoms with E-state index in [1.54, 1.807) is 6.20 Å². The van der Waals surface area contributed by atoms with E-state index < -0.39 is 10.0 Å². The van der Waals surface area contributed by atoms with Crippen LogP contribution in [-0.4, -0.2) is 46.2 Å². The smallest absolute Gasteiger partial charge is 0.280 e. The van der Waals surface area contributed by atoms with Gasteiger partial charge in [0.15, 0.2) is 0 Å². The van der Waals surface area contributed by atoms with Gasteiger partial charge in [0.25, 0.3) is 5.91 Å². The summed E-state index contributed by atoms with van der Waals surface area (Å²) in [5.74, 6) is -0.266. The summed E-state index contributed by atoms with van der Waals surface area (Å²) >= 11 is 0. The van der Waals surface area contributed by atoms with Crippen LogP contribution in [0.3, 0.4) is 0 Å². The van der Waals surface area contributed by atoms with Crippen LogP contribution in [0.5, 0.6) is 0 Å². The highest BCUT2D eigenvalue weighted by Crippen LogP contribution is 2.24. The van der Waals surface area contributed by atoms with E-state index in [9.17, 15) is 13.2 Å². The maximum atomic E-state index is 13.0. The van der Waals surface area contributed by atoms with Gasteiger partial charge >= 0.3 is 0 Å². The van der Waals surface area contributed by atoms with E-state index in [2.05, 4.69) is 10.1 Å². The number of pyridine rings is 1. The van der Waals surface area contributed by atoms with E-state index in [0.29, 0.717) is 25.1 Å². The molecule has 0 unspecified atom stereocenters. The van der Waals surface area contributed by atoms with Gasteiger partial charge in [0.2, 0.25) is 10.0 Å². The van der Waals surface area contributed by atoms with Crippen LogP contribution < -0.4 is 5.73 Å².